The number of fused-ring (bicyclic) bond motifs is 1. The van der Waals surface area contributed by atoms with Gasteiger partial charge in [-0.1, -0.05) is 17.1 Å². The van der Waals surface area contributed by atoms with E-state index in [-0.39, 0.29) is 12.5 Å². The van der Waals surface area contributed by atoms with Gasteiger partial charge in [-0.2, -0.15) is 0 Å². The molecule has 1 aliphatic rings. The molecule has 64 valence electrons. The van der Waals surface area contributed by atoms with E-state index in [9.17, 15) is 4.79 Å². The van der Waals surface area contributed by atoms with Crippen molar-refractivity contribution < 1.29 is 9.53 Å². The summed E-state index contributed by atoms with van der Waals surface area (Å²) < 4.78 is 5.12. The van der Waals surface area contributed by atoms with E-state index in [1.54, 1.807) is 12.1 Å². The minimum atomic E-state index is -0.200. The fourth-order valence-electron chi connectivity index (χ4n) is 1.18. The summed E-state index contributed by atoms with van der Waals surface area (Å²) in [6, 6.07) is 3.19. The molecular weight excluding hydrogens is 188 g/mol. The van der Waals surface area contributed by atoms with Crippen LogP contribution in [0.3, 0.4) is 0 Å². The predicted molar refractivity (Wildman–Crippen MR) is 51.0 cm³/mol. The average molecular weight is 193 g/mol. The quantitative estimate of drug-likeness (QED) is 0.608. The number of ether oxygens (including phenoxy) is 1. The Hall–Kier alpha value is -1.16. The Kier molecular flexibility index (Phi) is 1.92. The lowest BCUT2D eigenvalue weighted by atomic mass is 9.95. The largest absolute Gasteiger partial charge is 0.480 e. The molecule has 0 fully saturated rings. The van der Waals surface area contributed by atoms with Gasteiger partial charge in [0.25, 0.3) is 5.91 Å². The van der Waals surface area contributed by atoms with Crippen molar-refractivity contribution >= 4 is 36.5 Å². The van der Waals surface area contributed by atoms with Crippen molar-refractivity contribution in [1.82, 2.24) is 0 Å². The molecule has 1 N–H and O–H groups in total. The molecule has 0 saturated heterocycles. The van der Waals surface area contributed by atoms with Crippen molar-refractivity contribution in [3.8, 4) is 5.75 Å². The van der Waals surface area contributed by atoms with Gasteiger partial charge in [-0.15, -0.1) is 0 Å². The lowest BCUT2D eigenvalue weighted by Gasteiger charge is -2.19. The van der Waals surface area contributed by atoms with Crippen molar-refractivity contribution in [1.29, 1.82) is 0 Å². The normalized spacial score (nSPS) is 14.4. The molecule has 0 atom stereocenters. The molecule has 0 unspecified atom stereocenters. The molecule has 1 aliphatic heterocycles. The van der Waals surface area contributed by atoms with Gasteiger partial charge >= 0.3 is 0 Å². The number of anilines is 1. The van der Waals surface area contributed by atoms with Crippen molar-refractivity contribution in [3.05, 3.63) is 17.2 Å². The fourth-order valence-corrected chi connectivity index (χ4v) is 1.46. The van der Waals surface area contributed by atoms with Crippen LogP contribution in [-0.2, 0) is 4.79 Å². The molecule has 0 bridgehead atoms. The molecule has 2 rings (SSSR count). The second-order valence-electron chi connectivity index (χ2n) is 2.72. The Morgan fingerprint density at radius 3 is 3.08 bits per heavy atom. The molecule has 0 aliphatic carbocycles. The molecule has 5 heteroatoms. The fraction of sp³-hybridized carbons (Fsp3) is 0.125. The first-order valence-corrected chi connectivity index (χ1v) is 4.06. The number of carbonyl (C=O) groups is 1. The third kappa shape index (κ3) is 1.49. The molecular formula is C8H5BClNO2. The summed E-state index contributed by atoms with van der Waals surface area (Å²) in [6.07, 6.45) is 0. The zero-order chi connectivity index (χ0) is 9.42. The molecule has 0 spiro atoms. The monoisotopic (exact) mass is 193 g/mol. The zero-order valence-corrected chi connectivity index (χ0v) is 7.39. The Labute approximate surface area is 81.4 Å². The molecule has 1 heterocycles. The molecule has 1 aromatic rings. The summed E-state index contributed by atoms with van der Waals surface area (Å²) in [5.74, 6) is 0.282. The lowest BCUT2D eigenvalue weighted by molar-refractivity contribution is -0.118. The van der Waals surface area contributed by atoms with E-state index >= 15 is 0 Å². The maximum atomic E-state index is 10.9. The predicted octanol–water partition coefficient (Wildman–Crippen LogP) is 0.465. The molecule has 3 nitrogen and oxygen atoms in total. The maximum absolute atomic E-state index is 10.9. The van der Waals surface area contributed by atoms with Gasteiger partial charge in [0.1, 0.15) is 7.85 Å². The van der Waals surface area contributed by atoms with Gasteiger partial charge in [0.15, 0.2) is 12.4 Å². The Morgan fingerprint density at radius 2 is 2.31 bits per heavy atom. The molecule has 2 radical (unpaired) electrons. The van der Waals surface area contributed by atoms with Gasteiger partial charge in [0.05, 0.1) is 10.7 Å². The number of rotatable bonds is 0. The van der Waals surface area contributed by atoms with Crippen LogP contribution in [-0.4, -0.2) is 20.4 Å². The number of carbonyl (C=O) groups excluding carboxylic acids is 1. The maximum Gasteiger partial charge on any atom is 0.262 e. The summed E-state index contributed by atoms with van der Waals surface area (Å²) >= 11 is 5.84. The van der Waals surface area contributed by atoms with Crippen LogP contribution in [0.5, 0.6) is 5.75 Å². The number of hydrogen-bond acceptors (Lipinski definition) is 2. The van der Waals surface area contributed by atoms with Gasteiger partial charge < -0.3 is 10.1 Å². The summed E-state index contributed by atoms with van der Waals surface area (Å²) in [5, 5.41) is 3.03. The van der Waals surface area contributed by atoms with E-state index in [1.807, 2.05) is 0 Å². The summed E-state index contributed by atoms with van der Waals surface area (Å²) in [4.78, 5) is 10.9. The van der Waals surface area contributed by atoms with Crippen LogP contribution in [0, 0.1) is 0 Å². The van der Waals surface area contributed by atoms with Crippen molar-refractivity contribution in [2.75, 3.05) is 11.9 Å². The number of hydrogen-bond donors (Lipinski definition) is 1. The third-order valence-electron chi connectivity index (χ3n) is 1.69. The number of amides is 1. The van der Waals surface area contributed by atoms with E-state index in [2.05, 4.69) is 5.32 Å². The van der Waals surface area contributed by atoms with E-state index in [1.165, 1.54) is 0 Å². The van der Waals surface area contributed by atoms with Crippen LogP contribution in [0.15, 0.2) is 12.1 Å². The van der Waals surface area contributed by atoms with Crippen LogP contribution in [0.4, 0.5) is 5.69 Å². The van der Waals surface area contributed by atoms with E-state index < -0.39 is 0 Å². The standard InChI is InChI=1S/C8H5BClNO2/c9-4-1-5(10)8-6(2-4)11-7(12)3-13-8/h1-2H,3H2,(H,11,12). The highest BCUT2D eigenvalue weighted by Gasteiger charge is 2.18. The summed E-state index contributed by atoms with van der Waals surface area (Å²) in [6.45, 7) is -0.00334. The van der Waals surface area contributed by atoms with Crippen LogP contribution in [0.1, 0.15) is 0 Å². The first kappa shape index (κ1) is 8.44. The third-order valence-corrected chi connectivity index (χ3v) is 1.97. The van der Waals surface area contributed by atoms with Crippen LogP contribution in [0.25, 0.3) is 0 Å². The molecule has 13 heavy (non-hydrogen) atoms. The summed E-state index contributed by atoms with van der Waals surface area (Å²) in [5.41, 5.74) is 1.02. The van der Waals surface area contributed by atoms with Gasteiger partial charge in [-0.25, -0.2) is 0 Å². The highest BCUT2D eigenvalue weighted by molar-refractivity contribution is 6.38. The first-order chi connectivity index (χ1) is 6.16. The first-order valence-electron chi connectivity index (χ1n) is 3.68. The Bertz CT molecular complexity index is 381. The smallest absolute Gasteiger partial charge is 0.262 e. The number of benzene rings is 1. The summed E-state index contributed by atoms with van der Waals surface area (Å²) in [7, 11) is 5.54. The van der Waals surface area contributed by atoms with Crippen LogP contribution in [0.2, 0.25) is 5.02 Å². The Morgan fingerprint density at radius 1 is 1.54 bits per heavy atom. The highest BCUT2D eigenvalue weighted by atomic mass is 35.5. The molecule has 0 aromatic heterocycles. The van der Waals surface area contributed by atoms with Gasteiger partial charge in [-0.3, -0.25) is 4.79 Å². The molecule has 1 amide bonds. The minimum absolute atomic E-state index is 0.00334. The second-order valence-corrected chi connectivity index (χ2v) is 3.12. The number of halogens is 1. The number of nitrogens with one attached hydrogen (secondary N) is 1. The lowest BCUT2D eigenvalue weighted by Crippen LogP contribution is -2.26. The van der Waals surface area contributed by atoms with Crippen molar-refractivity contribution in [2.45, 2.75) is 0 Å². The van der Waals surface area contributed by atoms with E-state index in [0.717, 1.165) is 0 Å². The van der Waals surface area contributed by atoms with Gasteiger partial charge in [0.2, 0.25) is 0 Å². The minimum Gasteiger partial charge on any atom is -0.480 e. The van der Waals surface area contributed by atoms with Crippen molar-refractivity contribution in [3.63, 3.8) is 0 Å². The van der Waals surface area contributed by atoms with Crippen molar-refractivity contribution in [2.24, 2.45) is 0 Å². The van der Waals surface area contributed by atoms with E-state index in [0.29, 0.717) is 21.9 Å². The Balaban J connectivity index is 2.53. The van der Waals surface area contributed by atoms with Crippen LogP contribution >= 0.6 is 11.6 Å². The SMILES string of the molecule is [B]c1cc(Cl)c2c(c1)NC(=O)CO2. The average Bonchev–Trinajstić information content (AvgIpc) is 2.02. The molecule has 0 saturated carbocycles. The molecule has 1 aromatic carbocycles. The topological polar surface area (TPSA) is 38.3 Å². The van der Waals surface area contributed by atoms with E-state index in [4.69, 9.17) is 24.2 Å². The zero-order valence-electron chi connectivity index (χ0n) is 6.63. The van der Waals surface area contributed by atoms with Gasteiger partial charge in [-0.05, 0) is 12.1 Å². The van der Waals surface area contributed by atoms with Gasteiger partial charge in [0, 0.05) is 0 Å². The second kappa shape index (κ2) is 2.96. The van der Waals surface area contributed by atoms with Crippen LogP contribution < -0.4 is 15.5 Å². The highest BCUT2D eigenvalue weighted by Crippen LogP contribution is 2.33.